The van der Waals surface area contributed by atoms with Crippen LogP contribution in [0.25, 0.3) is 0 Å². The molecule has 0 aliphatic carbocycles. The number of nitrogens with one attached hydrogen (secondary N) is 2. The maximum Gasteiger partial charge on any atom is 0.274 e. The van der Waals surface area contributed by atoms with E-state index in [1.165, 1.54) is 0 Å². The second kappa shape index (κ2) is 9.29. The summed E-state index contributed by atoms with van der Waals surface area (Å²) >= 11 is 0. The Bertz CT molecular complexity index is 743. The molecule has 26 heavy (non-hydrogen) atoms. The predicted octanol–water partition coefficient (Wildman–Crippen LogP) is 3.52. The highest BCUT2D eigenvalue weighted by Gasteiger charge is 2.14. The normalized spacial score (nSPS) is 11.0. The van der Waals surface area contributed by atoms with E-state index in [9.17, 15) is 4.79 Å². The number of para-hydroxylation sites is 1. The zero-order chi connectivity index (χ0) is 19.1. The number of carbonyl (C=O) groups is 1. The quantitative estimate of drug-likeness (QED) is 0.709. The molecule has 0 saturated heterocycles. The lowest BCUT2D eigenvalue weighted by atomic mass is 10.0. The van der Waals surface area contributed by atoms with Crippen molar-refractivity contribution in [2.45, 2.75) is 33.1 Å². The number of amides is 1. The highest BCUT2D eigenvalue weighted by atomic mass is 16.1. The Morgan fingerprint density at radius 2 is 1.92 bits per heavy atom. The maximum absolute atomic E-state index is 12.7. The Labute approximate surface area is 156 Å². The number of aromatic nitrogens is 2. The molecule has 0 unspecified atom stereocenters. The molecule has 1 aromatic heterocycles. The van der Waals surface area contributed by atoms with E-state index in [0.29, 0.717) is 17.6 Å². The molecule has 2 aromatic rings. The van der Waals surface area contributed by atoms with Gasteiger partial charge in [0.1, 0.15) is 5.69 Å². The van der Waals surface area contributed by atoms with Gasteiger partial charge >= 0.3 is 0 Å². The Hall–Kier alpha value is -2.47. The van der Waals surface area contributed by atoms with Crippen molar-refractivity contribution >= 4 is 17.5 Å². The fourth-order valence-electron chi connectivity index (χ4n) is 2.66. The summed E-state index contributed by atoms with van der Waals surface area (Å²) in [5, 5.41) is 6.18. The number of anilines is 2. The van der Waals surface area contributed by atoms with Gasteiger partial charge in [-0.05, 0) is 57.6 Å². The van der Waals surface area contributed by atoms with Crippen molar-refractivity contribution in [1.82, 2.24) is 14.9 Å². The number of aryl methyl sites for hydroxylation is 1. The monoisotopic (exact) mass is 355 g/mol. The second-order valence-corrected chi connectivity index (χ2v) is 7.00. The van der Waals surface area contributed by atoms with Gasteiger partial charge in [-0.1, -0.05) is 32.0 Å². The predicted molar refractivity (Wildman–Crippen MR) is 107 cm³/mol. The van der Waals surface area contributed by atoms with Crippen LogP contribution in [0.4, 0.5) is 11.6 Å². The molecule has 0 saturated carbocycles. The zero-order valence-corrected chi connectivity index (χ0v) is 16.3. The number of rotatable bonds is 8. The maximum atomic E-state index is 12.7. The first-order valence-electron chi connectivity index (χ1n) is 9.01. The number of nitrogens with zero attached hydrogens (tertiary/aromatic N) is 3. The number of hydrogen-bond acceptors (Lipinski definition) is 5. The molecule has 0 radical (unpaired) electrons. The van der Waals surface area contributed by atoms with Gasteiger partial charge < -0.3 is 15.5 Å². The van der Waals surface area contributed by atoms with E-state index in [4.69, 9.17) is 0 Å². The third kappa shape index (κ3) is 5.81. The van der Waals surface area contributed by atoms with Gasteiger partial charge in [0.2, 0.25) is 5.95 Å². The molecule has 2 N–H and O–H groups in total. The smallest absolute Gasteiger partial charge is 0.274 e. The molecule has 0 aliphatic heterocycles. The molecular formula is C20H29N5O. The highest BCUT2D eigenvalue weighted by molar-refractivity contribution is 6.03. The van der Waals surface area contributed by atoms with Gasteiger partial charge in [-0.25, -0.2) is 9.97 Å². The van der Waals surface area contributed by atoms with Gasteiger partial charge in [0.15, 0.2) is 0 Å². The molecule has 0 bridgehead atoms. The third-order valence-electron chi connectivity index (χ3n) is 3.98. The lowest BCUT2D eigenvalue weighted by Crippen LogP contribution is -2.19. The van der Waals surface area contributed by atoms with E-state index >= 15 is 0 Å². The topological polar surface area (TPSA) is 70.2 Å². The minimum atomic E-state index is -0.222. The van der Waals surface area contributed by atoms with Crippen LogP contribution in [0.2, 0.25) is 0 Å². The summed E-state index contributed by atoms with van der Waals surface area (Å²) in [5.41, 5.74) is 3.06. The van der Waals surface area contributed by atoms with Gasteiger partial charge in [0.25, 0.3) is 5.91 Å². The van der Waals surface area contributed by atoms with Gasteiger partial charge in [-0.2, -0.15) is 0 Å². The lowest BCUT2D eigenvalue weighted by molar-refractivity contribution is 0.102. The van der Waals surface area contributed by atoms with Crippen molar-refractivity contribution in [3.63, 3.8) is 0 Å². The molecule has 6 heteroatoms. The standard InChI is InChI=1S/C20H29N5O/c1-14(2)16-9-6-7-10-17(16)23-19(26)18-13-15(3)22-20(24-18)21-11-8-12-25(4)5/h6-7,9-10,13-14H,8,11-12H2,1-5H3,(H,23,26)(H,21,22,24). The zero-order valence-electron chi connectivity index (χ0n) is 16.3. The molecule has 0 aliphatic rings. The molecule has 0 atom stereocenters. The van der Waals surface area contributed by atoms with E-state index in [1.807, 2.05) is 45.3 Å². The third-order valence-corrected chi connectivity index (χ3v) is 3.98. The summed E-state index contributed by atoms with van der Waals surface area (Å²) in [6.45, 7) is 7.83. The molecular weight excluding hydrogens is 326 g/mol. The molecule has 1 aromatic carbocycles. The second-order valence-electron chi connectivity index (χ2n) is 7.00. The first-order valence-corrected chi connectivity index (χ1v) is 9.01. The van der Waals surface area contributed by atoms with E-state index in [-0.39, 0.29) is 5.91 Å². The number of hydrogen-bond donors (Lipinski definition) is 2. The van der Waals surface area contributed by atoms with E-state index in [2.05, 4.69) is 39.3 Å². The van der Waals surface area contributed by atoms with Gasteiger partial charge in [-0.3, -0.25) is 4.79 Å². The Balaban J connectivity index is 2.09. The highest BCUT2D eigenvalue weighted by Crippen LogP contribution is 2.24. The van der Waals surface area contributed by atoms with E-state index < -0.39 is 0 Å². The molecule has 1 amide bonds. The lowest BCUT2D eigenvalue weighted by Gasteiger charge is -2.14. The number of benzene rings is 1. The number of carbonyl (C=O) groups excluding carboxylic acids is 1. The molecule has 6 nitrogen and oxygen atoms in total. The van der Waals surface area contributed by atoms with Crippen LogP contribution in [0.15, 0.2) is 30.3 Å². The molecule has 140 valence electrons. The van der Waals surface area contributed by atoms with Crippen molar-refractivity contribution in [3.8, 4) is 0 Å². The van der Waals surface area contributed by atoms with E-state index in [0.717, 1.165) is 36.5 Å². The van der Waals surface area contributed by atoms with Crippen LogP contribution in [0.3, 0.4) is 0 Å². The van der Waals surface area contributed by atoms with Crippen molar-refractivity contribution in [2.24, 2.45) is 0 Å². The molecule has 1 heterocycles. The van der Waals surface area contributed by atoms with Crippen LogP contribution >= 0.6 is 0 Å². The SMILES string of the molecule is Cc1cc(C(=O)Nc2ccccc2C(C)C)nc(NCCCN(C)C)n1. The minimum absolute atomic E-state index is 0.222. The molecule has 2 rings (SSSR count). The van der Waals surface area contributed by atoms with Crippen molar-refractivity contribution < 1.29 is 4.79 Å². The largest absolute Gasteiger partial charge is 0.354 e. The van der Waals surface area contributed by atoms with Crippen LogP contribution < -0.4 is 10.6 Å². The summed E-state index contributed by atoms with van der Waals surface area (Å²) in [7, 11) is 4.08. The van der Waals surface area contributed by atoms with Crippen LogP contribution in [-0.4, -0.2) is 48.0 Å². The van der Waals surface area contributed by atoms with Crippen LogP contribution in [-0.2, 0) is 0 Å². The van der Waals surface area contributed by atoms with Crippen LogP contribution in [0.1, 0.15) is 47.9 Å². The first kappa shape index (κ1) is 19.8. The van der Waals surface area contributed by atoms with Gasteiger partial charge in [0, 0.05) is 17.9 Å². The fraction of sp³-hybridized carbons (Fsp3) is 0.450. The summed E-state index contributed by atoms with van der Waals surface area (Å²) < 4.78 is 0. The van der Waals surface area contributed by atoms with Crippen LogP contribution in [0.5, 0.6) is 0 Å². The van der Waals surface area contributed by atoms with E-state index in [1.54, 1.807) is 6.07 Å². The molecule has 0 fully saturated rings. The Kier molecular flexibility index (Phi) is 7.09. The Morgan fingerprint density at radius 1 is 1.19 bits per heavy atom. The summed E-state index contributed by atoms with van der Waals surface area (Å²) in [5.74, 6) is 0.596. The Morgan fingerprint density at radius 3 is 2.62 bits per heavy atom. The average Bonchev–Trinajstić information content (AvgIpc) is 2.58. The average molecular weight is 355 g/mol. The summed E-state index contributed by atoms with van der Waals surface area (Å²) in [6.07, 6.45) is 0.980. The summed E-state index contributed by atoms with van der Waals surface area (Å²) in [6, 6.07) is 9.56. The van der Waals surface area contributed by atoms with Crippen molar-refractivity contribution in [1.29, 1.82) is 0 Å². The minimum Gasteiger partial charge on any atom is -0.354 e. The van der Waals surface area contributed by atoms with Crippen molar-refractivity contribution in [3.05, 3.63) is 47.3 Å². The first-order chi connectivity index (χ1) is 12.4. The summed E-state index contributed by atoms with van der Waals surface area (Å²) in [4.78, 5) is 23.5. The fourth-order valence-corrected chi connectivity index (χ4v) is 2.66. The van der Waals surface area contributed by atoms with Crippen LogP contribution in [0, 0.1) is 6.92 Å². The van der Waals surface area contributed by atoms with Crippen molar-refractivity contribution in [2.75, 3.05) is 37.8 Å². The van der Waals surface area contributed by atoms with Gasteiger partial charge in [-0.15, -0.1) is 0 Å². The molecule has 0 spiro atoms. The van der Waals surface area contributed by atoms with Gasteiger partial charge in [0.05, 0.1) is 0 Å².